The highest BCUT2D eigenvalue weighted by atomic mass is 32.2. The minimum Gasteiger partial charge on any atom is -0.337 e. The van der Waals surface area contributed by atoms with Gasteiger partial charge in [0.1, 0.15) is 11.4 Å². The van der Waals surface area contributed by atoms with Gasteiger partial charge in [-0.15, -0.1) is 0 Å². The van der Waals surface area contributed by atoms with Crippen LogP contribution in [0.2, 0.25) is 0 Å². The second-order valence-corrected chi connectivity index (χ2v) is 13.9. The predicted molar refractivity (Wildman–Crippen MR) is 167 cm³/mol. The van der Waals surface area contributed by atoms with Crippen molar-refractivity contribution < 1.29 is 31.2 Å². The lowest BCUT2D eigenvalue weighted by molar-refractivity contribution is -0.137. The van der Waals surface area contributed by atoms with Gasteiger partial charge in [-0.1, -0.05) is 18.2 Å². The summed E-state index contributed by atoms with van der Waals surface area (Å²) >= 11 is 0. The topological polar surface area (TPSA) is 102 Å². The summed E-state index contributed by atoms with van der Waals surface area (Å²) in [7, 11) is 0.359. The van der Waals surface area contributed by atoms with Gasteiger partial charge in [0.15, 0.2) is 0 Å². The van der Waals surface area contributed by atoms with E-state index in [1.807, 2.05) is 38.1 Å². The van der Waals surface area contributed by atoms with Gasteiger partial charge in [0.05, 0.1) is 11.3 Å². The minimum atomic E-state index is -4.53. The molecule has 9 nitrogen and oxygen atoms in total. The van der Waals surface area contributed by atoms with Crippen LogP contribution < -0.4 is 5.32 Å². The summed E-state index contributed by atoms with van der Waals surface area (Å²) < 4.78 is 67.3. The summed E-state index contributed by atoms with van der Waals surface area (Å²) in [5.41, 5.74) is 0.370. The van der Waals surface area contributed by atoms with Crippen LogP contribution in [0.1, 0.15) is 51.9 Å². The Morgan fingerprint density at radius 3 is 2.43 bits per heavy atom. The van der Waals surface area contributed by atoms with Gasteiger partial charge < -0.3 is 15.1 Å². The molecule has 3 aliphatic rings. The van der Waals surface area contributed by atoms with Gasteiger partial charge in [-0.2, -0.15) is 26.7 Å². The maximum atomic E-state index is 13.2. The first-order chi connectivity index (χ1) is 20.2. The van der Waals surface area contributed by atoms with Gasteiger partial charge in [0.25, 0.3) is 11.8 Å². The molecule has 14 heteroatoms. The van der Waals surface area contributed by atoms with Crippen molar-refractivity contribution in [3.63, 3.8) is 0 Å². The van der Waals surface area contributed by atoms with Crippen LogP contribution in [-0.2, 0) is 27.4 Å². The highest BCUT2D eigenvalue weighted by molar-refractivity contribution is 7.89. The number of amidine groups is 1. The molecule has 3 heterocycles. The number of amides is 2. The maximum Gasteiger partial charge on any atom is 0.416 e. The van der Waals surface area contributed by atoms with E-state index in [2.05, 4.69) is 15.2 Å². The average Bonchev–Trinajstić information content (AvgIpc) is 3.58. The molecule has 0 saturated carbocycles. The monoisotopic (exact) mass is 653 g/mol. The molecule has 5 rings (SSSR count). The number of benzene rings is 2. The molecule has 240 valence electrons. The normalized spacial score (nSPS) is 20.5. The maximum absolute atomic E-state index is 13.2. The number of aliphatic imine (C=N–C) groups is 1. The first-order valence-corrected chi connectivity index (χ1v) is 15.9. The van der Waals surface area contributed by atoms with Crippen molar-refractivity contribution in [2.45, 2.75) is 50.4 Å². The molecule has 1 spiro atoms. The van der Waals surface area contributed by atoms with Gasteiger partial charge in [-0.25, -0.2) is 12.7 Å². The molecule has 0 aromatic heterocycles. The minimum absolute atomic E-state index is 0. The summed E-state index contributed by atoms with van der Waals surface area (Å²) in [6.45, 7) is 3.41. The third kappa shape index (κ3) is 6.98. The van der Waals surface area contributed by atoms with Crippen LogP contribution in [0.4, 0.5) is 13.2 Å². The van der Waals surface area contributed by atoms with Gasteiger partial charge in [-0.3, -0.25) is 14.6 Å². The number of sulfonamides is 1. The van der Waals surface area contributed by atoms with Crippen molar-refractivity contribution in [3.8, 4) is 0 Å². The molecule has 3 aliphatic heterocycles. The summed E-state index contributed by atoms with van der Waals surface area (Å²) in [5, 5.41) is 2.60. The van der Waals surface area contributed by atoms with Crippen molar-refractivity contribution in [1.29, 1.82) is 0 Å². The molecule has 0 unspecified atom stereocenters. The summed E-state index contributed by atoms with van der Waals surface area (Å²) in [6, 6.07) is 10.3. The van der Waals surface area contributed by atoms with E-state index < -0.39 is 33.2 Å². The van der Waals surface area contributed by atoms with Crippen molar-refractivity contribution in [3.05, 3.63) is 70.3 Å². The molecular formula is C30H38F3N5O4S2. The van der Waals surface area contributed by atoms with Crippen LogP contribution in [0.25, 0.3) is 0 Å². The number of hydrogen-bond acceptors (Lipinski definition) is 6. The molecule has 2 fully saturated rings. The highest BCUT2D eigenvalue weighted by Gasteiger charge is 2.47. The average molecular weight is 654 g/mol. The van der Waals surface area contributed by atoms with E-state index in [9.17, 15) is 31.2 Å². The second kappa shape index (κ2) is 12.8. The zero-order chi connectivity index (χ0) is 31.2. The van der Waals surface area contributed by atoms with Gasteiger partial charge in [0, 0.05) is 43.3 Å². The number of carbonyl (C=O) groups is 2. The Hall–Kier alpha value is -2.94. The molecule has 2 aromatic carbocycles. The zero-order valence-corrected chi connectivity index (χ0v) is 26.8. The van der Waals surface area contributed by atoms with E-state index in [0.29, 0.717) is 24.7 Å². The fraction of sp³-hybridized carbons (Fsp3) is 0.500. The van der Waals surface area contributed by atoms with Crippen molar-refractivity contribution in [1.82, 2.24) is 19.4 Å². The molecule has 0 radical (unpaired) electrons. The fourth-order valence-electron chi connectivity index (χ4n) is 5.98. The Morgan fingerprint density at radius 2 is 1.82 bits per heavy atom. The lowest BCUT2D eigenvalue weighted by Gasteiger charge is -2.34. The Labute approximate surface area is 263 Å². The number of nitrogens with zero attached hydrogens (tertiary/aromatic N) is 4. The van der Waals surface area contributed by atoms with Crippen LogP contribution in [0.3, 0.4) is 0 Å². The molecular weight excluding hydrogens is 615 g/mol. The van der Waals surface area contributed by atoms with Gasteiger partial charge >= 0.3 is 6.18 Å². The Balaban J connectivity index is 0.00000442. The van der Waals surface area contributed by atoms with E-state index in [4.69, 9.17) is 0 Å². The number of carbonyl (C=O) groups excluding carboxylic acids is 2. The third-order valence-corrected chi connectivity index (χ3v) is 10.7. The van der Waals surface area contributed by atoms with Crippen LogP contribution in [0, 0.1) is 6.92 Å². The van der Waals surface area contributed by atoms with Gasteiger partial charge in [0.2, 0.25) is 10.0 Å². The molecule has 1 N–H and O–H groups in total. The number of aryl methyl sites for hydroxylation is 2. The van der Waals surface area contributed by atoms with E-state index in [0.717, 1.165) is 29.7 Å². The highest BCUT2D eigenvalue weighted by Crippen LogP contribution is 2.34. The standard InChI is InChI=1S/C30H36F3N5O4S.H2S/c1-20-17-23(27(39)37-13-9-25(19-37)36(2)3)8-7-21(20)10-16-43(41,42)38-14-11-29(12-15-38)28(40)34-26(35-29)22-5-4-6-24(18-22)30(31,32)33;/h4-8,17-18,25H,9-16,19H2,1-3H3,(H,34,35,40);1H2/t25-;/m0./s1. The van der Waals surface area contributed by atoms with E-state index in [-0.39, 0.29) is 68.9 Å². The summed E-state index contributed by atoms with van der Waals surface area (Å²) in [5.74, 6) is -0.528. The van der Waals surface area contributed by atoms with E-state index >= 15 is 0 Å². The lowest BCUT2D eigenvalue weighted by atomic mass is 9.89. The number of likely N-dealkylation sites (N-methyl/N-ethyl adjacent to an activating group) is 1. The molecule has 0 bridgehead atoms. The van der Waals surface area contributed by atoms with Crippen molar-refractivity contribution in [2.24, 2.45) is 4.99 Å². The van der Waals surface area contributed by atoms with Gasteiger partial charge in [-0.05, 0) is 82.1 Å². The number of hydrogen-bond donors (Lipinski definition) is 1. The summed E-state index contributed by atoms with van der Waals surface area (Å²) in [6.07, 6.45) is -3.07. The molecule has 1 atom stereocenters. The Kier molecular flexibility index (Phi) is 9.89. The number of alkyl halides is 3. The number of rotatable bonds is 7. The Morgan fingerprint density at radius 1 is 1.11 bits per heavy atom. The van der Waals surface area contributed by atoms with E-state index in [1.54, 1.807) is 6.07 Å². The van der Waals surface area contributed by atoms with Crippen LogP contribution in [0.5, 0.6) is 0 Å². The fourth-order valence-corrected chi connectivity index (χ4v) is 7.45. The molecule has 44 heavy (non-hydrogen) atoms. The molecule has 0 aliphatic carbocycles. The van der Waals surface area contributed by atoms with Crippen LogP contribution >= 0.6 is 13.5 Å². The first-order valence-electron chi connectivity index (χ1n) is 14.3. The third-order valence-electron chi connectivity index (χ3n) is 8.79. The molecule has 2 aromatic rings. The Bertz CT molecular complexity index is 1550. The smallest absolute Gasteiger partial charge is 0.337 e. The number of piperidine rings is 1. The predicted octanol–water partition coefficient (Wildman–Crippen LogP) is 3.19. The van der Waals surface area contributed by atoms with Crippen molar-refractivity contribution in [2.75, 3.05) is 46.0 Å². The largest absolute Gasteiger partial charge is 0.416 e. The second-order valence-electron chi connectivity index (χ2n) is 11.8. The number of nitrogens with one attached hydrogen (secondary N) is 1. The number of likely N-dealkylation sites (tertiary alicyclic amines) is 1. The molecule has 2 saturated heterocycles. The lowest BCUT2D eigenvalue weighted by Crippen LogP contribution is -2.50. The summed E-state index contributed by atoms with van der Waals surface area (Å²) in [4.78, 5) is 34.3. The van der Waals surface area contributed by atoms with Crippen LogP contribution in [0.15, 0.2) is 47.5 Å². The van der Waals surface area contributed by atoms with Crippen molar-refractivity contribution >= 4 is 41.2 Å². The SMILES string of the molecule is Cc1cc(C(=O)N2CC[C@H](N(C)C)C2)ccc1CCS(=O)(=O)N1CCC2(CC1)N=C(c1cccc(C(F)(F)F)c1)NC2=O.S. The zero-order valence-electron chi connectivity index (χ0n) is 24.9. The van der Waals surface area contributed by atoms with Crippen LogP contribution in [-0.4, -0.2) is 97.8 Å². The number of halogens is 3. The van der Waals surface area contributed by atoms with E-state index in [1.165, 1.54) is 16.4 Å². The first kappa shape index (κ1) is 33.9. The molecule has 2 amide bonds. The quantitative estimate of drug-likeness (QED) is 0.495.